The van der Waals surface area contributed by atoms with Crippen LogP contribution in [0.15, 0.2) is 18.2 Å². The quantitative estimate of drug-likeness (QED) is 0.925. The fourth-order valence-electron chi connectivity index (χ4n) is 2.56. The van der Waals surface area contributed by atoms with Gasteiger partial charge in [0.15, 0.2) is 0 Å². The molecule has 0 aliphatic carbocycles. The van der Waals surface area contributed by atoms with E-state index in [1.165, 1.54) is 6.07 Å². The van der Waals surface area contributed by atoms with Gasteiger partial charge in [0.25, 0.3) is 0 Å². The summed E-state index contributed by atoms with van der Waals surface area (Å²) >= 11 is 0. The highest BCUT2D eigenvalue weighted by Crippen LogP contribution is 2.35. The summed E-state index contributed by atoms with van der Waals surface area (Å²) in [5, 5.41) is 9.03. The van der Waals surface area contributed by atoms with Crippen molar-refractivity contribution >= 4 is 5.69 Å². The van der Waals surface area contributed by atoms with E-state index in [4.69, 9.17) is 5.11 Å². The van der Waals surface area contributed by atoms with Gasteiger partial charge in [0.1, 0.15) is 0 Å². The molecule has 1 aromatic rings. The molecule has 0 saturated carbocycles. The minimum atomic E-state index is -4.44. The molecule has 1 aliphatic rings. The van der Waals surface area contributed by atoms with Crippen LogP contribution in [0.5, 0.6) is 0 Å². The lowest BCUT2D eigenvalue weighted by Crippen LogP contribution is -2.31. The van der Waals surface area contributed by atoms with Crippen LogP contribution >= 0.6 is 0 Å². The SMILES string of the molecule is CN(C)C1CCN(c2ccc(CO)c(C(F)(F)F)c2)C1. The minimum Gasteiger partial charge on any atom is -0.392 e. The number of hydrogen-bond acceptors (Lipinski definition) is 3. The van der Waals surface area contributed by atoms with Crippen molar-refractivity contribution in [1.29, 1.82) is 0 Å². The first-order valence-corrected chi connectivity index (χ1v) is 6.55. The van der Waals surface area contributed by atoms with Crippen molar-refractivity contribution in [2.45, 2.75) is 25.2 Å². The average molecular weight is 288 g/mol. The molecule has 20 heavy (non-hydrogen) atoms. The lowest BCUT2D eigenvalue weighted by Gasteiger charge is -2.23. The summed E-state index contributed by atoms with van der Waals surface area (Å²) in [6.07, 6.45) is -3.50. The highest BCUT2D eigenvalue weighted by atomic mass is 19.4. The second kappa shape index (κ2) is 5.61. The Hall–Kier alpha value is -1.27. The Morgan fingerprint density at radius 3 is 2.55 bits per heavy atom. The van der Waals surface area contributed by atoms with Crippen molar-refractivity contribution in [3.8, 4) is 0 Å². The predicted octanol–water partition coefficient (Wildman–Crippen LogP) is 2.34. The van der Waals surface area contributed by atoms with Gasteiger partial charge in [-0.25, -0.2) is 0 Å². The molecule has 6 heteroatoms. The Morgan fingerprint density at radius 2 is 2.05 bits per heavy atom. The van der Waals surface area contributed by atoms with Crippen molar-refractivity contribution in [1.82, 2.24) is 4.90 Å². The molecule has 0 bridgehead atoms. The number of hydrogen-bond donors (Lipinski definition) is 1. The third-order valence-corrected chi connectivity index (χ3v) is 3.83. The Morgan fingerprint density at radius 1 is 1.35 bits per heavy atom. The van der Waals surface area contributed by atoms with Crippen molar-refractivity contribution in [3.05, 3.63) is 29.3 Å². The lowest BCUT2D eigenvalue weighted by molar-refractivity contribution is -0.138. The average Bonchev–Trinajstić information content (AvgIpc) is 2.86. The van der Waals surface area contributed by atoms with Crippen molar-refractivity contribution in [2.24, 2.45) is 0 Å². The molecule has 3 nitrogen and oxygen atoms in total. The van der Waals surface area contributed by atoms with Crippen molar-refractivity contribution in [2.75, 3.05) is 32.1 Å². The summed E-state index contributed by atoms with van der Waals surface area (Å²) in [5.41, 5.74) is -0.255. The maximum absolute atomic E-state index is 13.0. The number of anilines is 1. The van der Waals surface area contributed by atoms with E-state index in [-0.39, 0.29) is 5.56 Å². The van der Waals surface area contributed by atoms with Gasteiger partial charge in [-0.3, -0.25) is 0 Å². The highest BCUT2D eigenvalue weighted by molar-refractivity contribution is 5.52. The van der Waals surface area contributed by atoms with Gasteiger partial charge in [0, 0.05) is 24.8 Å². The second-order valence-electron chi connectivity index (χ2n) is 5.35. The summed E-state index contributed by atoms with van der Waals surface area (Å²) in [4.78, 5) is 4.05. The Bertz CT molecular complexity index is 474. The van der Waals surface area contributed by atoms with E-state index >= 15 is 0 Å². The fraction of sp³-hybridized carbons (Fsp3) is 0.571. The number of nitrogens with zero attached hydrogens (tertiary/aromatic N) is 2. The van der Waals surface area contributed by atoms with Crippen LogP contribution < -0.4 is 4.90 Å². The number of alkyl halides is 3. The first-order valence-electron chi connectivity index (χ1n) is 6.55. The van der Waals surface area contributed by atoms with Crippen LogP contribution in [-0.4, -0.2) is 43.2 Å². The molecule has 1 saturated heterocycles. The van der Waals surface area contributed by atoms with Gasteiger partial charge in [-0.15, -0.1) is 0 Å². The first-order chi connectivity index (χ1) is 9.32. The Balaban J connectivity index is 2.26. The van der Waals surface area contributed by atoms with Crippen LogP contribution in [0.2, 0.25) is 0 Å². The van der Waals surface area contributed by atoms with Crippen LogP contribution in [0.1, 0.15) is 17.5 Å². The maximum Gasteiger partial charge on any atom is 0.416 e. The summed E-state index contributed by atoms with van der Waals surface area (Å²) in [6.45, 7) is 0.872. The molecular formula is C14H19F3N2O. The first kappa shape index (κ1) is 15.1. The van der Waals surface area contributed by atoms with E-state index in [0.29, 0.717) is 11.7 Å². The number of aliphatic hydroxyl groups is 1. The number of likely N-dealkylation sites (N-methyl/N-ethyl adjacent to an activating group) is 1. The summed E-state index contributed by atoms with van der Waals surface area (Å²) < 4.78 is 38.9. The molecular weight excluding hydrogens is 269 g/mol. The van der Waals surface area contributed by atoms with Gasteiger partial charge < -0.3 is 14.9 Å². The Labute approximate surface area is 116 Å². The minimum absolute atomic E-state index is 0.0791. The fourth-order valence-corrected chi connectivity index (χ4v) is 2.56. The van der Waals surface area contributed by atoms with Crippen LogP contribution in [0, 0.1) is 0 Å². The molecule has 0 spiro atoms. The number of halogens is 3. The second-order valence-corrected chi connectivity index (χ2v) is 5.35. The molecule has 1 fully saturated rings. The normalized spacial score (nSPS) is 19.9. The third-order valence-electron chi connectivity index (χ3n) is 3.83. The number of benzene rings is 1. The highest BCUT2D eigenvalue weighted by Gasteiger charge is 2.34. The largest absolute Gasteiger partial charge is 0.416 e. The molecule has 2 rings (SSSR count). The topological polar surface area (TPSA) is 26.7 Å². The van der Waals surface area contributed by atoms with Gasteiger partial charge in [-0.05, 0) is 38.2 Å². The molecule has 0 radical (unpaired) electrons. The van der Waals surface area contributed by atoms with E-state index in [2.05, 4.69) is 4.90 Å². The molecule has 0 amide bonds. The molecule has 1 unspecified atom stereocenters. The van der Waals surface area contributed by atoms with Crippen molar-refractivity contribution < 1.29 is 18.3 Å². The van der Waals surface area contributed by atoms with Crippen molar-refractivity contribution in [3.63, 3.8) is 0 Å². The number of aliphatic hydroxyl groups excluding tert-OH is 1. The predicted molar refractivity (Wildman–Crippen MR) is 71.7 cm³/mol. The van der Waals surface area contributed by atoms with E-state index in [1.54, 1.807) is 6.07 Å². The van der Waals surface area contributed by atoms with Gasteiger partial charge in [-0.1, -0.05) is 6.07 Å². The van der Waals surface area contributed by atoms with E-state index in [0.717, 1.165) is 25.6 Å². The molecule has 112 valence electrons. The zero-order valence-electron chi connectivity index (χ0n) is 11.6. The molecule has 1 heterocycles. The smallest absolute Gasteiger partial charge is 0.392 e. The number of rotatable bonds is 3. The third kappa shape index (κ3) is 3.07. The monoisotopic (exact) mass is 288 g/mol. The molecule has 1 N–H and O–H groups in total. The van der Waals surface area contributed by atoms with Gasteiger partial charge in [0.2, 0.25) is 0 Å². The summed E-state index contributed by atoms with van der Waals surface area (Å²) in [7, 11) is 3.95. The Kier molecular flexibility index (Phi) is 4.25. The zero-order valence-corrected chi connectivity index (χ0v) is 11.6. The molecule has 1 atom stereocenters. The summed E-state index contributed by atoms with van der Waals surface area (Å²) in [6, 6.07) is 4.52. The van der Waals surface area contributed by atoms with Crippen LogP contribution in [0.25, 0.3) is 0 Å². The van der Waals surface area contributed by atoms with Gasteiger partial charge in [0.05, 0.1) is 12.2 Å². The van der Waals surface area contributed by atoms with Gasteiger partial charge in [-0.2, -0.15) is 13.2 Å². The standard InChI is InChI=1S/C14H19F3N2O/c1-18(2)12-5-6-19(8-12)11-4-3-10(9-20)13(7-11)14(15,16)17/h3-4,7,12,20H,5-6,8-9H2,1-2H3. The van der Waals surface area contributed by atoms with Crippen LogP contribution in [-0.2, 0) is 12.8 Å². The van der Waals surface area contributed by atoms with E-state index < -0.39 is 18.3 Å². The lowest BCUT2D eigenvalue weighted by atomic mass is 10.1. The van der Waals surface area contributed by atoms with Crippen LogP contribution in [0.4, 0.5) is 18.9 Å². The van der Waals surface area contributed by atoms with E-state index in [1.807, 2.05) is 19.0 Å². The molecule has 1 aromatic carbocycles. The van der Waals surface area contributed by atoms with E-state index in [9.17, 15) is 13.2 Å². The molecule has 1 aliphatic heterocycles. The summed E-state index contributed by atoms with van der Waals surface area (Å²) in [5.74, 6) is 0. The van der Waals surface area contributed by atoms with Crippen LogP contribution in [0.3, 0.4) is 0 Å². The zero-order chi connectivity index (χ0) is 14.9. The molecule has 0 aromatic heterocycles. The maximum atomic E-state index is 13.0. The van der Waals surface area contributed by atoms with Gasteiger partial charge >= 0.3 is 6.18 Å².